The van der Waals surface area contributed by atoms with Crippen molar-refractivity contribution in [2.45, 2.75) is 30.7 Å². The van der Waals surface area contributed by atoms with E-state index in [1.807, 2.05) is 38.2 Å². The Hall–Kier alpha value is -0.710. The molecule has 0 heterocycles. The average molecular weight is 301 g/mol. The van der Waals surface area contributed by atoms with Crippen molar-refractivity contribution in [2.24, 2.45) is 5.73 Å². The zero-order valence-electron chi connectivity index (χ0n) is 11.4. The number of hydrogen-bond donors (Lipinski definition) is 1. The highest BCUT2D eigenvalue weighted by Gasteiger charge is 2.13. The molecule has 3 nitrogen and oxygen atoms in total. The quantitative estimate of drug-likeness (QED) is 0.622. The molecule has 1 unspecified atom stereocenters. The smallest absolute Gasteiger partial charge is 0.222 e. The van der Waals surface area contributed by atoms with Gasteiger partial charge in [-0.1, -0.05) is 11.6 Å². The minimum atomic E-state index is 0.108. The maximum absolute atomic E-state index is 11.8. The van der Waals surface area contributed by atoms with Crippen LogP contribution in [0.25, 0.3) is 0 Å². The van der Waals surface area contributed by atoms with Crippen molar-refractivity contribution < 1.29 is 4.79 Å². The summed E-state index contributed by atoms with van der Waals surface area (Å²) in [7, 11) is 1.81. The van der Waals surface area contributed by atoms with Crippen LogP contribution in [0.3, 0.4) is 0 Å². The van der Waals surface area contributed by atoms with Crippen LogP contribution in [0.4, 0.5) is 0 Å². The van der Waals surface area contributed by atoms with Crippen LogP contribution >= 0.6 is 23.4 Å². The lowest BCUT2D eigenvalue weighted by Gasteiger charge is -2.23. The van der Waals surface area contributed by atoms with Gasteiger partial charge in [-0.05, 0) is 43.4 Å². The number of rotatable bonds is 7. The van der Waals surface area contributed by atoms with Gasteiger partial charge in [0, 0.05) is 36.0 Å². The van der Waals surface area contributed by atoms with E-state index in [1.165, 1.54) is 4.90 Å². The normalized spacial score (nSPS) is 12.2. The van der Waals surface area contributed by atoms with Gasteiger partial charge in [-0.15, -0.1) is 11.8 Å². The summed E-state index contributed by atoms with van der Waals surface area (Å²) in [6, 6.07) is 7.86. The summed E-state index contributed by atoms with van der Waals surface area (Å²) < 4.78 is 0. The third-order valence-electron chi connectivity index (χ3n) is 3.01. The molecule has 0 saturated heterocycles. The average Bonchev–Trinajstić information content (AvgIpc) is 2.43. The van der Waals surface area contributed by atoms with Crippen molar-refractivity contribution >= 4 is 29.3 Å². The lowest BCUT2D eigenvalue weighted by molar-refractivity contribution is -0.131. The predicted octanol–water partition coefficient (Wildman–Crippen LogP) is 3.02. The second-order valence-electron chi connectivity index (χ2n) is 4.50. The minimum Gasteiger partial charge on any atom is -0.342 e. The standard InChI is InChI=1S/C14H21ClN2OS/c1-11(10-16)17(2)14(18)4-3-9-19-13-7-5-12(15)6-8-13/h5-8,11H,3-4,9-10,16H2,1-2H3. The number of nitrogens with two attached hydrogens (primary N) is 1. The fourth-order valence-corrected chi connectivity index (χ4v) is 2.50. The SMILES string of the molecule is CC(CN)N(C)C(=O)CCCSc1ccc(Cl)cc1. The molecule has 0 aliphatic heterocycles. The number of nitrogens with zero attached hydrogens (tertiary/aromatic N) is 1. The van der Waals surface area contributed by atoms with E-state index in [9.17, 15) is 4.79 Å². The molecule has 1 amide bonds. The Morgan fingerprint density at radius 2 is 2.05 bits per heavy atom. The van der Waals surface area contributed by atoms with Gasteiger partial charge in [0.15, 0.2) is 0 Å². The van der Waals surface area contributed by atoms with Gasteiger partial charge in [0.25, 0.3) is 0 Å². The van der Waals surface area contributed by atoms with Crippen molar-refractivity contribution in [1.82, 2.24) is 4.90 Å². The Balaban J connectivity index is 2.23. The highest BCUT2D eigenvalue weighted by Crippen LogP contribution is 2.21. The fourth-order valence-electron chi connectivity index (χ4n) is 1.52. The summed E-state index contributed by atoms with van der Waals surface area (Å²) in [6.45, 7) is 2.46. The molecule has 106 valence electrons. The van der Waals surface area contributed by atoms with Gasteiger partial charge in [-0.2, -0.15) is 0 Å². The number of carbonyl (C=O) groups is 1. The Labute approximate surface area is 124 Å². The van der Waals surface area contributed by atoms with Crippen molar-refractivity contribution in [3.63, 3.8) is 0 Å². The van der Waals surface area contributed by atoms with Crippen molar-refractivity contribution in [1.29, 1.82) is 0 Å². The molecule has 1 aromatic carbocycles. The van der Waals surface area contributed by atoms with Crippen molar-refractivity contribution in [3.05, 3.63) is 29.3 Å². The first-order valence-corrected chi connectivity index (χ1v) is 7.75. The zero-order valence-corrected chi connectivity index (χ0v) is 13.0. The number of likely N-dealkylation sites (N-methyl/N-ethyl adjacent to an activating group) is 1. The Morgan fingerprint density at radius 1 is 1.42 bits per heavy atom. The first-order chi connectivity index (χ1) is 9.04. The van der Waals surface area contributed by atoms with Gasteiger partial charge in [0.1, 0.15) is 0 Å². The maximum Gasteiger partial charge on any atom is 0.222 e. The summed E-state index contributed by atoms with van der Waals surface area (Å²) >= 11 is 7.57. The lowest BCUT2D eigenvalue weighted by atomic mass is 10.2. The highest BCUT2D eigenvalue weighted by molar-refractivity contribution is 7.99. The van der Waals surface area contributed by atoms with E-state index in [0.717, 1.165) is 17.2 Å². The number of carbonyl (C=O) groups excluding carboxylic acids is 1. The summed E-state index contributed by atoms with van der Waals surface area (Å²) in [5, 5.41) is 0.747. The van der Waals surface area contributed by atoms with Gasteiger partial charge in [0.2, 0.25) is 5.91 Å². The van der Waals surface area contributed by atoms with Crippen LogP contribution in [0.1, 0.15) is 19.8 Å². The van der Waals surface area contributed by atoms with Crippen LogP contribution in [0.2, 0.25) is 5.02 Å². The van der Waals surface area contributed by atoms with Gasteiger partial charge in [-0.3, -0.25) is 4.79 Å². The number of halogens is 1. The summed E-state index contributed by atoms with van der Waals surface area (Å²) in [4.78, 5) is 14.8. The Kier molecular flexibility index (Phi) is 7.28. The first-order valence-electron chi connectivity index (χ1n) is 6.38. The molecule has 1 rings (SSSR count). The third kappa shape index (κ3) is 5.85. The molecule has 0 spiro atoms. The first kappa shape index (κ1) is 16.3. The second kappa shape index (κ2) is 8.46. The van der Waals surface area contributed by atoms with E-state index >= 15 is 0 Å². The number of amides is 1. The molecule has 5 heteroatoms. The number of benzene rings is 1. The van der Waals surface area contributed by atoms with Crippen LogP contribution in [0.5, 0.6) is 0 Å². The van der Waals surface area contributed by atoms with Crippen LogP contribution in [0, 0.1) is 0 Å². The molecule has 19 heavy (non-hydrogen) atoms. The van der Waals surface area contributed by atoms with E-state index in [4.69, 9.17) is 17.3 Å². The Morgan fingerprint density at radius 3 is 2.63 bits per heavy atom. The van der Waals surface area contributed by atoms with E-state index in [0.29, 0.717) is 13.0 Å². The van der Waals surface area contributed by atoms with Crippen molar-refractivity contribution in [3.8, 4) is 0 Å². The lowest BCUT2D eigenvalue weighted by Crippen LogP contribution is -2.39. The maximum atomic E-state index is 11.8. The van der Waals surface area contributed by atoms with Gasteiger partial charge in [-0.25, -0.2) is 0 Å². The second-order valence-corrected chi connectivity index (χ2v) is 6.10. The topological polar surface area (TPSA) is 46.3 Å². The van der Waals surface area contributed by atoms with E-state index < -0.39 is 0 Å². The van der Waals surface area contributed by atoms with Crippen molar-refractivity contribution in [2.75, 3.05) is 19.3 Å². The molecule has 0 aromatic heterocycles. The van der Waals surface area contributed by atoms with Gasteiger partial charge in [0.05, 0.1) is 0 Å². The van der Waals surface area contributed by atoms with Gasteiger partial charge >= 0.3 is 0 Å². The third-order valence-corrected chi connectivity index (χ3v) is 4.36. The van der Waals surface area contributed by atoms with E-state index in [1.54, 1.807) is 16.7 Å². The molecule has 0 saturated carbocycles. The molecular formula is C14H21ClN2OS. The largest absolute Gasteiger partial charge is 0.342 e. The summed E-state index contributed by atoms with van der Waals surface area (Å²) in [6.07, 6.45) is 1.44. The van der Waals surface area contributed by atoms with Crippen LogP contribution in [-0.4, -0.2) is 36.2 Å². The Bertz CT molecular complexity index is 397. The fraction of sp³-hybridized carbons (Fsp3) is 0.500. The van der Waals surface area contributed by atoms with Crippen LogP contribution < -0.4 is 5.73 Å². The zero-order chi connectivity index (χ0) is 14.3. The molecule has 0 fully saturated rings. The molecule has 2 N–H and O–H groups in total. The molecule has 1 atom stereocenters. The monoisotopic (exact) mass is 300 g/mol. The van der Waals surface area contributed by atoms with Crippen LogP contribution in [-0.2, 0) is 4.79 Å². The molecule has 0 aliphatic carbocycles. The van der Waals surface area contributed by atoms with E-state index in [2.05, 4.69) is 0 Å². The molecule has 0 radical (unpaired) electrons. The molecule has 0 aliphatic rings. The minimum absolute atomic E-state index is 0.108. The van der Waals surface area contributed by atoms with Gasteiger partial charge < -0.3 is 10.6 Å². The summed E-state index contributed by atoms with van der Waals surface area (Å²) in [5.74, 6) is 1.09. The number of thioether (sulfide) groups is 1. The highest BCUT2D eigenvalue weighted by atomic mass is 35.5. The molecule has 0 bridgehead atoms. The van der Waals surface area contributed by atoms with E-state index in [-0.39, 0.29) is 11.9 Å². The predicted molar refractivity (Wildman–Crippen MR) is 82.7 cm³/mol. The van der Waals surface area contributed by atoms with Crippen LogP contribution in [0.15, 0.2) is 29.2 Å². The molecular weight excluding hydrogens is 280 g/mol. The number of hydrogen-bond acceptors (Lipinski definition) is 3. The molecule has 1 aromatic rings. The summed E-state index contributed by atoms with van der Waals surface area (Å²) in [5.41, 5.74) is 5.54.